The maximum atomic E-state index is 12.5. The number of amides is 1. The van der Waals surface area contributed by atoms with Crippen LogP contribution in [0.1, 0.15) is 43.2 Å². The zero-order valence-corrected chi connectivity index (χ0v) is 11.9. The van der Waals surface area contributed by atoms with Gasteiger partial charge in [-0.2, -0.15) is 0 Å². The molecule has 7 nitrogen and oxygen atoms in total. The first-order chi connectivity index (χ1) is 10.1. The van der Waals surface area contributed by atoms with Crippen LogP contribution in [0.4, 0.5) is 5.88 Å². The molecule has 1 amide bonds. The van der Waals surface area contributed by atoms with E-state index < -0.39 is 4.92 Å². The molecule has 2 fully saturated rings. The second-order valence-electron chi connectivity index (χ2n) is 5.75. The summed E-state index contributed by atoms with van der Waals surface area (Å²) in [5, 5.41) is 14.2. The fourth-order valence-electron chi connectivity index (χ4n) is 3.53. The number of nitrogens with one attached hydrogen (secondary N) is 1. The third kappa shape index (κ3) is 2.65. The van der Waals surface area contributed by atoms with Crippen molar-refractivity contribution in [3.63, 3.8) is 0 Å². The molecule has 2 bridgehead atoms. The maximum Gasteiger partial charge on any atom is 0.433 e. The van der Waals surface area contributed by atoms with Crippen LogP contribution in [0.3, 0.4) is 0 Å². The lowest BCUT2D eigenvalue weighted by Crippen LogP contribution is -2.50. The van der Waals surface area contributed by atoms with Crippen molar-refractivity contribution in [3.8, 4) is 0 Å². The van der Waals surface area contributed by atoms with E-state index in [4.69, 9.17) is 4.42 Å². The van der Waals surface area contributed by atoms with Gasteiger partial charge < -0.3 is 14.6 Å². The molecular weight excluding hydrogens is 274 g/mol. The third-order valence-electron chi connectivity index (χ3n) is 4.47. The number of furan rings is 1. The van der Waals surface area contributed by atoms with E-state index in [1.54, 1.807) is 4.90 Å². The molecule has 1 aromatic heterocycles. The number of nitrogens with zero attached hydrogens (tertiary/aromatic N) is 2. The molecule has 1 aromatic rings. The van der Waals surface area contributed by atoms with Gasteiger partial charge in [-0.15, -0.1) is 0 Å². The van der Waals surface area contributed by atoms with E-state index in [1.165, 1.54) is 25.0 Å². The van der Waals surface area contributed by atoms with E-state index in [1.807, 2.05) is 6.92 Å². The van der Waals surface area contributed by atoms with Gasteiger partial charge in [0.25, 0.3) is 5.91 Å². The highest BCUT2D eigenvalue weighted by atomic mass is 16.6. The Balaban J connectivity index is 1.75. The van der Waals surface area contributed by atoms with Crippen molar-refractivity contribution in [2.24, 2.45) is 0 Å². The SMILES string of the molecule is CCN(C(=O)c1ccc([N+](=O)[O-])o1)C1CC2CCC(C1)N2. The van der Waals surface area contributed by atoms with Crippen molar-refractivity contribution in [2.45, 2.75) is 50.7 Å². The molecule has 2 aliphatic rings. The first kappa shape index (κ1) is 14.1. The summed E-state index contributed by atoms with van der Waals surface area (Å²) in [7, 11) is 0. The Hall–Kier alpha value is -1.89. The molecule has 2 atom stereocenters. The smallest absolute Gasteiger partial charge is 0.395 e. The van der Waals surface area contributed by atoms with Crippen molar-refractivity contribution < 1.29 is 14.1 Å². The van der Waals surface area contributed by atoms with E-state index in [0.29, 0.717) is 18.6 Å². The molecule has 2 saturated heterocycles. The maximum absolute atomic E-state index is 12.5. The van der Waals surface area contributed by atoms with Gasteiger partial charge in [0.15, 0.2) is 5.76 Å². The van der Waals surface area contributed by atoms with Crippen LogP contribution >= 0.6 is 0 Å². The lowest BCUT2D eigenvalue weighted by molar-refractivity contribution is -0.402. The molecule has 2 aliphatic heterocycles. The van der Waals surface area contributed by atoms with Crippen molar-refractivity contribution in [3.05, 3.63) is 28.0 Å². The molecule has 0 saturated carbocycles. The molecule has 2 unspecified atom stereocenters. The van der Waals surface area contributed by atoms with Gasteiger partial charge in [-0.05, 0) is 38.7 Å². The summed E-state index contributed by atoms with van der Waals surface area (Å²) in [5.74, 6) is -0.592. The Morgan fingerprint density at radius 3 is 2.62 bits per heavy atom. The van der Waals surface area contributed by atoms with Gasteiger partial charge in [-0.1, -0.05) is 0 Å². The van der Waals surface area contributed by atoms with Crippen LogP contribution in [-0.2, 0) is 0 Å². The molecule has 0 aliphatic carbocycles. The van der Waals surface area contributed by atoms with Gasteiger partial charge in [0.05, 0.1) is 6.07 Å². The number of carbonyl (C=O) groups excluding carboxylic acids is 1. The Labute approximate surface area is 122 Å². The highest BCUT2D eigenvalue weighted by Crippen LogP contribution is 2.30. The largest absolute Gasteiger partial charge is 0.433 e. The molecule has 114 valence electrons. The average molecular weight is 293 g/mol. The molecule has 3 rings (SSSR count). The predicted molar refractivity (Wildman–Crippen MR) is 75.0 cm³/mol. The number of carbonyl (C=O) groups is 1. The van der Waals surface area contributed by atoms with Crippen LogP contribution in [0.15, 0.2) is 16.5 Å². The Morgan fingerprint density at radius 2 is 2.10 bits per heavy atom. The minimum Gasteiger partial charge on any atom is -0.395 e. The molecule has 3 heterocycles. The first-order valence-corrected chi connectivity index (χ1v) is 7.39. The van der Waals surface area contributed by atoms with Crippen LogP contribution in [0.5, 0.6) is 0 Å². The quantitative estimate of drug-likeness (QED) is 0.677. The third-order valence-corrected chi connectivity index (χ3v) is 4.47. The van der Waals surface area contributed by atoms with Crippen LogP contribution in [0.2, 0.25) is 0 Å². The second kappa shape index (κ2) is 5.48. The van der Waals surface area contributed by atoms with Gasteiger partial charge >= 0.3 is 5.88 Å². The van der Waals surface area contributed by atoms with E-state index >= 15 is 0 Å². The van der Waals surface area contributed by atoms with Crippen molar-refractivity contribution in [1.82, 2.24) is 10.2 Å². The van der Waals surface area contributed by atoms with Crippen molar-refractivity contribution >= 4 is 11.8 Å². The fourth-order valence-corrected chi connectivity index (χ4v) is 3.53. The number of piperidine rings is 1. The van der Waals surface area contributed by atoms with E-state index in [-0.39, 0.29) is 23.6 Å². The van der Waals surface area contributed by atoms with Gasteiger partial charge in [-0.3, -0.25) is 14.9 Å². The van der Waals surface area contributed by atoms with Crippen LogP contribution in [0.25, 0.3) is 0 Å². The summed E-state index contributed by atoms with van der Waals surface area (Å²) in [5.41, 5.74) is 0. The van der Waals surface area contributed by atoms with Crippen molar-refractivity contribution in [2.75, 3.05) is 6.54 Å². The molecule has 0 spiro atoms. The summed E-state index contributed by atoms with van der Waals surface area (Å²) >= 11 is 0. The standard InChI is InChI=1S/C14H19N3O4/c1-2-16(11-7-9-3-4-10(8-11)15-9)14(18)12-5-6-13(21-12)17(19)20/h5-6,9-11,15H,2-4,7-8H2,1H3. The van der Waals surface area contributed by atoms with Crippen LogP contribution in [0, 0.1) is 10.1 Å². The van der Waals surface area contributed by atoms with Gasteiger partial charge in [0, 0.05) is 24.7 Å². The summed E-state index contributed by atoms with van der Waals surface area (Å²) in [4.78, 5) is 24.3. The van der Waals surface area contributed by atoms with Gasteiger partial charge in [-0.25, -0.2) is 0 Å². The number of rotatable bonds is 4. The van der Waals surface area contributed by atoms with E-state index in [9.17, 15) is 14.9 Å². The summed E-state index contributed by atoms with van der Waals surface area (Å²) in [6.45, 7) is 2.51. The zero-order valence-electron chi connectivity index (χ0n) is 11.9. The Bertz CT molecular complexity index is 544. The molecule has 1 N–H and O–H groups in total. The molecule has 7 heteroatoms. The lowest BCUT2D eigenvalue weighted by atomic mass is 9.98. The lowest BCUT2D eigenvalue weighted by Gasteiger charge is -2.36. The van der Waals surface area contributed by atoms with Gasteiger partial charge in [0.1, 0.15) is 4.92 Å². The molecule has 0 radical (unpaired) electrons. The molecular formula is C14H19N3O4. The minimum absolute atomic E-state index is 0.0504. The highest BCUT2D eigenvalue weighted by molar-refractivity contribution is 5.92. The Morgan fingerprint density at radius 1 is 1.43 bits per heavy atom. The topological polar surface area (TPSA) is 88.6 Å². The van der Waals surface area contributed by atoms with Crippen molar-refractivity contribution in [1.29, 1.82) is 0 Å². The minimum atomic E-state index is -0.627. The summed E-state index contributed by atoms with van der Waals surface area (Å²) in [6, 6.07) is 3.78. The van der Waals surface area contributed by atoms with Crippen LogP contribution < -0.4 is 5.32 Å². The first-order valence-electron chi connectivity index (χ1n) is 7.39. The van der Waals surface area contributed by atoms with Gasteiger partial charge in [0.2, 0.25) is 0 Å². The number of fused-ring (bicyclic) bond motifs is 2. The molecule has 0 aromatic carbocycles. The zero-order chi connectivity index (χ0) is 15.0. The molecule has 21 heavy (non-hydrogen) atoms. The normalized spacial score (nSPS) is 27.6. The highest BCUT2D eigenvalue weighted by Gasteiger charge is 2.38. The Kier molecular flexibility index (Phi) is 3.67. The van der Waals surface area contributed by atoms with E-state index in [2.05, 4.69) is 5.32 Å². The number of nitro groups is 1. The summed E-state index contributed by atoms with van der Waals surface area (Å²) < 4.78 is 5.04. The predicted octanol–water partition coefficient (Wildman–Crippen LogP) is 1.93. The fraction of sp³-hybridized carbons (Fsp3) is 0.643. The second-order valence-corrected chi connectivity index (χ2v) is 5.75. The number of hydrogen-bond acceptors (Lipinski definition) is 5. The summed E-state index contributed by atoms with van der Waals surface area (Å²) in [6.07, 6.45) is 4.22. The average Bonchev–Trinajstić information content (AvgIpc) is 3.07. The number of hydrogen-bond donors (Lipinski definition) is 1. The monoisotopic (exact) mass is 293 g/mol. The van der Waals surface area contributed by atoms with Crippen LogP contribution in [-0.4, -0.2) is 40.4 Å². The van der Waals surface area contributed by atoms with E-state index in [0.717, 1.165) is 12.8 Å².